The number of hydrogen-bond donors (Lipinski definition) is 2. The van der Waals surface area contributed by atoms with Crippen molar-refractivity contribution in [2.24, 2.45) is 0 Å². The Morgan fingerprint density at radius 1 is 1.06 bits per heavy atom. The third kappa shape index (κ3) is 4.87. The third-order valence-electron chi connectivity index (χ3n) is 4.63. The number of fused-ring (bicyclic) bond motifs is 1. The number of hydrogen-bond acceptors (Lipinski definition) is 6. The van der Waals surface area contributed by atoms with E-state index in [-0.39, 0.29) is 26.7 Å². The molecule has 4 aromatic rings. The molecule has 0 spiro atoms. The van der Waals surface area contributed by atoms with Gasteiger partial charge in [-0.2, -0.15) is 13.2 Å². The van der Waals surface area contributed by atoms with Gasteiger partial charge in [0.25, 0.3) is 10.0 Å². The average Bonchev–Trinajstić information content (AvgIpc) is 3.12. The molecule has 35 heavy (non-hydrogen) atoms. The Morgan fingerprint density at radius 2 is 1.74 bits per heavy atom. The summed E-state index contributed by atoms with van der Waals surface area (Å²) in [6, 6.07) is 5.68. The van der Waals surface area contributed by atoms with E-state index < -0.39 is 54.6 Å². The van der Waals surface area contributed by atoms with Gasteiger partial charge in [0, 0.05) is 6.20 Å². The number of aromatic nitrogens is 2. The lowest BCUT2D eigenvalue weighted by Gasteiger charge is -2.14. The number of rotatable bonds is 5. The van der Waals surface area contributed by atoms with E-state index in [9.17, 15) is 31.2 Å². The second-order valence-electron chi connectivity index (χ2n) is 6.94. The number of H-pyrrole nitrogens is 1. The highest BCUT2D eigenvalue weighted by molar-refractivity contribution is 7.92. The summed E-state index contributed by atoms with van der Waals surface area (Å²) in [6.45, 7) is 0. The summed E-state index contributed by atoms with van der Waals surface area (Å²) in [5, 5.41) is -0.931. The number of aromatic amines is 1. The van der Waals surface area contributed by atoms with E-state index >= 15 is 0 Å². The topological polar surface area (TPSA) is 122 Å². The van der Waals surface area contributed by atoms with Crippen molar-refractivity contribution in [2.45, 2.75) is 11.1 Å². The summed E-state index contributed by atoms with van der Waals surface area (Å²) in [6.07, 6.45) is -3.88. The number of benzene rings is 2. The summed E-state index contributed by atoms with van der Waals surface area (Å²) >= 11 is 17.6. The van der Waals surface area contributed by atoms with Crippen LogP contribution in [-0.4, -0.2) is 24.2 Å². The number of ketones is 1. The van der Waals surface area contributed by atoms with Gasteiger partial charge in [-0.1, -0.05) is 34.8 Å². The van der Waals surface area contributed by atoms with E-state index in [1.165, 1.54) is 12.1 Å². The fourth-order valence-electron chi connectivity index (χ4n) is 3.11. The van der Waals surface area contributed by atoms with E-state index in [4.69, 9.17) is 39.2 Å². The molecule has 2 heterocycles. The standard InChI is InChI=1S/C20H9Cl3F3N3O5S/c21-8-5-14(29-35(32,33)9-1-2-11(22)10(6-9)20(24,25)26)16(27-7-8)17(30)15-12(23)3-4-13-18(15)34-19(31)28-13/h1-7,29H,(H,28,31). The smallest absolute Gasteiger partial charge is 0.407 e. The zero-order chi connectivity index (χ0) is 25.7. The van der Waals surface area contributed by atoms with E-state index in [1.54, 1.807) is 0 Å². The molecule has 2 N–H and O–H groups in total. The molecule has 0 saturated carbocycles. The molecule has 2 aromatic carbocycles. The summed E-state index contributed by atoms with van der Waals surface area (Å²) in [5.41, 5.74) is -2.71. The minimum absolute atomic E-state index is 0.0937. The molecule has 8 nitrogen and oxygen atoms in total. The van der Waals surface area contributed by atoms with Gasteiger partial charge in [-0.25, -0.2) is 18.2 Å². The second kappa shape index (κ2) is 8.86. The van der Waals surface area contributed by atoms with Crippen molar-refractivity contribution in [3.63, 3.8) is 0 Å². The van der Waals surface area contributed by atoms with Crippen LogP contribution in [0.25, 0.3) is 11.1 Å². The largest absolute Gasteiger partial charge is 0.417 e. The van der Waals surface area contributed by atoms with Gasteiger partial charge < -0.3 is 4.42 Å². The van der Waals surface area contributed by atoms with E-state index in [2.05, 4.69) is 9.97 Å². The predicted octanol–water partition coefficient (Wildman–Crippen LogP) is 5.53. The van der Waals surface area contributed by atoms with Crippen LogP contribution in [-0.2, 0) is 16.2 Å². The quantitative estimate of drug-likeness (QED) is 0.307. The van der Waals surface area contributed by atoms with Crippen LogP contribution in [0.15, 0.2) is 56.7 Å². The summed E-state index contributed by atoms with van der Waals surface area (Å²) < 4.78 is 72.4. The average molecular weight is 567 g/mol. The number of nitrogens with zero attached hydrogens (tertiary/aromatic N) is 1. The molecular weight excluding hydrogens is 558 g/mol. The van der Waals surface area contributed by atoms with Gasteiger partial charge in [-0.05, 0) is 36.4 Å². The van der Waals surface area contributed by atoms with Crippen LogP contribution in [0.5, 0.6) is 0 Å². The van der Waals surface area contributed by atoms with Crippen molar-refractivity contribution >= 4 is 67.4 Å². The molecule has 0 saturated heterocycles. The molecule has 182 valence electrons. The summed E-state index contributed by atoms with van der Waals surface area (Å²) in [7, 11) is -4.69. The molecule has 4 rings (SSSR count). The minimum Gasteiger partial charge on any atom is -0.407 e. The van der Waals surface area contributed by atoms with E-state index in [0.29, 0.717) is 6.07 Å². The number of oxazole rings is 1. The number of anilines is 1. The highest BCUT2D eigenvalue weighted by Gasteiger charge is 2.35. The molecule has 0 amide bonds. The van der Waals surface area contributed by atoms with Crippen molar-refractivity contribution in [3.8, 4) is 0 Å². The minimum atomic E-state index is -4.92. The zero-order valence-electron chi connectivity index (χ0n) is 16.7. The van der Waals surface area contributed by atoms with Crippen molar-refractivity contribution in [3.05, 3.63) is 85.0 Å². The normalized spacial score (nSPS) is 12.2. The van der Waals surface area contributed by atoms with Crippen LogP contribution in [0.3, 0.4) is 0 Å². The first kappa shape index (κ1) is 25.0. The molecule has 2 aromatic heterocycles. The highest BCUT2D eigenvalue weighted by Crippen LogP contribution is 2.36. The van der Waals surface area contributed by atoms with Gasteiger partial charge in [0.15, 0.2) is 5.58 Å². The van der Waals surface area contributed by atoms with Crippen molar-refractivity contribution < 1.29 is 30.8 Å². The molecule has 0 unspecified atom stereocenters. The van der Waals surface area contributed by atoms with Gasteiger partial charge in [-0.3, -0.25) is 14.5 Å². The van der Waals surface area contributed by atoms with Crippen molar-refractivity contribution in [1.82, 2.24) is 9.97 Å². The van der Waals surface area contributed by atoms with Gasteiger partial charge in [-0.15, -0.1) is 0 Å². The molecule has 0 aliphatic carbocycles. The van der Waals surface area contributed by atoms with Crippen LogP contribution in [0, 0.1) is 0 Å². The first-order valence-electron chi connectivity index (χ1n) is 9.19. The monoisotopic (exact) mass is 565 g/mol. The van der Waals surface area contributed by atoms with Crippen LogP contribution >= 0.6 is 34.8 Å². The second-order valence-corrected chi connectivity index (χ2v) is 9.87. The van der Waals surface area contributed by atoms with Gasteiger partial charge in [0.1, 0.15) is 5.69 Å². The Morgan fingerprint density at radius 3 is 2.43 bits per heavy atom. The predicted molar refractivity (Wildman–Crippen MR) is 122 cm³/mol. The molecule has 0 atom stereocenters. The maximum absolute atomic E-state index is 13.3. The maximum atomic E-state index is 13.3. The number of nitrogens with one attached hydrogen (secondary N) is 2. The lowest BCUT2D eigenvalue weighted by Crippen LogP contribution is -2.18. The summed E-state index contributed by atoms with van der Waals surface area (Å²) in [5.74, 6) is -1.82. The molecule has 0 fully saturated rings. The number of alkyl halides is 3. The number of carbonyl (C=O) groups is 1. The van der Waals surface area contributed by atoms with Crippen molar-refractivity contribution in [2.75, 3.05) is 4.72 Å². The highest BCUT2D eigenvalue weighted by atomic mass is 35.5. The van der Waals surface area contributed by atoms with Crippen molar-refractivity contribution in [1.29, 1.82) is 0 Å². The zero-order valence-corrected chi connectivity index (χ0v) is 19.8. The fourth-order valence-corrected chi connectivity index (χ4v) is 4.81. The van der Waals surface area contributed by atoms with Crippen LogP contribution in [0.1, 0.15) is 21.6 Å². The number of pyridine rings is 1. The molecule has 15 heteroatoms. The van der Waals surface area contributed by atoms with Gasteiger partial charge >= 0.3 is 11.9 Å². The van der Waals surface area contributed by atoms with Crippen LogP contribution in [0.2, 0.25) is 15.1 Å². The van der Waals surface area contributed by atoms with E-state index in [0.717, 1.165) is 24.4 Å². The Labute approximate surface area is 208 Å². The Bertz CT molecular complexity index is 1670. The maximum Gasteiger partial charge on any atom is 0.417 e. The van der Waals surface area contributed by atoms with Gasteiger partial charge in [0.2, 0.25) is 5.78 Å². The number of sulfonamides is 1. The molecule has 0 bridgehead atoms. The van der Waals surface area contributed by atoms with Gasteiger partial charge in [0.05, 0.1) is 42.3 Å². The summed E-state index contributed by atoms with van der Waals surface area (Å²) in [4.78, 5) is 30.3. The van der Waals surface area contributed by atoms with Crippen LogP contribution < -0.4 is 10.5 Å². The lowest BCUT2D eigenvalue weighted by atomic mass is 10.1. The molecule has 0 aliphatic heterocycles. The Balaban J connectivity index is 1.82. The third-order valence-corrected chi connectivity index (χ3v) is 6.85. The van der Waals surface area contributed by atoms with Crippen LogP contribution in [0.4, 0.5) is 18.9 Å². The first-order chi connectivity index (χ1) is 16.3. The number of halogens is 6. The first-order valence-corrected chi connectivity index (χ1v) is 11.8. The molecular formula is C20H9Cl3F3N3O5S. The Hall–Kier alpha value is -3.06. The fraction of sp³-hybridized carbons (Fsp3) is 0.0500. The lowest BCUT2D eigenvalue weighted by molar-refractivity contribution is -0.137. The molecule has 0 aliphatic rings. The number of carbonyl (C=O) groups excluding carboxylic acids is 1. The van der Waals surface area contributed by atoms with E-state index in [1.807, 2.05) is 4.72 Å². The Kier molecular flexibility index (Phi) is 6.34. The molecule has 0 radical (unpaired) electrons. The SMILES string of the molecule is O=C(c1ncc(Cl)cc1NS(=O)(=O)c1ccc(Cl)c(C(F)(F)F)c1)c1c(Cl)ccc2[nH]c(=O)oc12.